The number of hydrogen-bond donors (Lipinski definition) is 5. The second-order valence-corrected chi connectivity index (χ2v) is 14.1. The van der Waals surface area contributed by atoms with Crippen molar-refractivity contribution in [1.29, 1.82) is 0 Å². The summed E-state index contributed by atoms with van der Waals surface area (Å²) in [6.45, 7) is 7.95. The van der Waals surface area contributed by atoms with E-state index >= 15 is 0 Å². The Morgan fingerprint density at radius 3 is 2.09 bits per heavy atom. The van der Waals surface area contributed by atoms with E-state index < -0.39 is 106 Å². The zero-order chi connectivity index (χ0) is 35.5. The molecule has 0 amide bonds. The van der Waals surface area contributed by atoms with Gasteiger partial charge in [-0.05, 0) is 51.7 Å². The van der Waals surface area contributed by atoms with E-state index in [1.807, 2.05) is 0 Å². The second kappa shape index (κ2) is 12.2. The molecule has 5 N–H and O–H groups in total. The lowest BCUT2D eigenvalue weighted by Gasteiger charge is -2.47. The van der Waals surface area contributed by atoms with Crippen LogP contribution in [0.25, 0.3) is 0 Å². The van der Waals surface area contributed by atoms with Gasteiger partial charge in [0, 0.05) is 23.8 Å². The first-order valence-electron chi connectivity index (χ1n) is 15.5. The molecule has 258 valence electrons. The zero-order valence-electron chi connectivity index (χ0n) is 27.6. The van der Waals surface area contributed by atoms with Crippen LogP contribution in [0.2, 0.25) is 0 Å². The van der Waals surface area contributed by atoms with Crippen molar-refractivity contribution in [2.45, 2.75) is 102 Å². The molecule has 10 atom stereocenters. The number of ketones is 2. The highest BCUT2D eigenvalue weighted by molar-refractivity contribution is 6.01. The molecule has 3 saturated carbocycles. The summed E-state index contributed by atoms with van der Waals surface area (Å²) < 4.78 is 16.8. The molecule has 1 aromatic carbocycles. The third-order valence-corrected chi connectivity index (χ3v) is 10.3. The van der Waals surface area contributed by atoms with Crippen LogP contribution in [0.1, 0.15) is 71.7 Å². The predicted octanol–water partition coefficient (Wildman–Crippen LogP) is 0.812. The van der Waals surface area contributed by atoms with E-state index in [4.69, 9.17) is 14.2 Å². The topological polar surface area (TPSA) is 214 Å². The van der Waals surface area contributed by atoms with Gasteiger partial charge in [-0.2, -0.15) is 0 Å². The Bertz CT molecular complexity index is 1480. The molecule has 0 heterocycles. The SMILES string of the molecule is CC=C(C)C(=O)OC1C2C(OC(=O)c3ccccc3)C(C)CC2(O)C(=O)C(C)(O)C2CC(C)(C)C(=O)C2(O)C(O)C1(O)COC(C)=O. The number of aliphatic hydroxyl groups is 5. The highest BCUT2D eigenvalue weighted by Crippen LogP contribution is 2.58. The van der Waals surface area contributed by atoms with E-state index in [2.05, 4.69) is 0 Å². The largest absolute Gasteiger partial charge is 0.463 e. The lowest BCUT2D eigenvalue weighted by molar-refractivity contribution is -0.255. The highest BCUT2D eigenvalue weighted by Gasteiger charge is 2.77. The van der Waals surface area contributed by atoms with Crippen molar-refractivity contribution in [2.24, 2.45) is 23.2 Å². The molecule has 0 aliphatic heterocycles. The summed E-state index contributed by atoms with van der Waals surface area (Å²) in [5.74, 6) is -10.0. The molecule has 10 unspecified atom stereocenters. The van der Waals surface area contributed by atoms with E-state index in [0.29, 0.717) is 0 Å². The Balaban J connectivity index is 2.07. The van der Waals surface area contributed by atoms with Crippen LogP contribution in [-0.4, -0.2) is 102 Å². The van der Waals surface area contributed by atoms with Crippen LogP contribution in [0.5, 0.6) is 0 Å². The number of rotatable bonds is 6. The van der Waals surface area contributed by atoms with Gasteiger partial charge in [-0.1, -0.05) is 45.0 Å². The van der Waals surface area contributed by atoms with Gasteiger partial charge in [-0.3, -0.25) is 14.4 Å². The van der Waals surface area contributed by atoms with Crippen molar-refractivity contribution < 1.29 is 63.7 Å². The van der Waals surface area contributed by atoms with Gasteiger partial charge in [0.2, 0.25) is 0 Å². The Morgan fingerprint density at radius 1 is 0.936 bits per heavy atom. The van der Waals surface area contributed by atoms with Gasteiger partial charge in [0.25, 0.3) is 0 Å². The van der Waals surface area contributed by atoms with Crippen molar-refractivity contribution in [3.63, 3.8) is 0 Å². The fraction of sp³-hybridized carbons (Fsp3) is 0.618. The lowest BCUT2D eigenvalue weighted by atomic mass is 9.68. The Labute approximate surface area is 272 Å². The Kier molecular flexibility index (Phi) is 9.43. The van der Waals surface area contributed by atoms with Crippen molar-refractivity contribution in [1.82, 2.24) is 0 Å². The van der Waals surface area contributed by atoms with Gasteiger partial charge in [0.1, 0.15) is 36.1 Å². The summed E-state index contributed by atoms with van der Waals surface area (Å²) in [7, 11) is 0. The van der Waals surface area contributed by atoms with Crippen molar-refractivity contribution >= 4 is 29.5 Å². The van der Waals surface area contributed by atoms with E-state index in [0.717, 1.165) is 13.8 Å². The molecule has 3 aliphatic rings. The average Bonchev–Trinajstić information content (AvgIpc) is 3.38. The van der Waals surface area contributed by atoms with Gasteiger partial charge in [0.05, 0.1) is 11.5 Å². The number of hydrogen-bond acceptors (Lipinski definition) is 13. The van der Waals surface area contributed by atoms with E-state index in [1.54, 1.807) is 18.2 Å². The zero-order valence-corrected chi connectivity index (χ0v) is 27.6. The molecular formula is C34H44O13. The number of fused-ring (bicyclic) bond motifs is 2. The average molecular weight is 661 g/mol. The van der Waals surface area contributed by atoms with Gasteiger partial charge >= 0.3 is 17.9 Å². The fourth-order valence-electron chi connectivity index (χ4n) is 7.72. The van der Waals surface area contributed by atoms with Crippen molar-refractivity contribution in [3.8, 4) is 0 Å². The lowest BCUT2D eigenvalue weighted by Crippen LogP contribution is -2.71. The summed E-state index contributed by atoms with van der Waals surface area (Å²) in [5.41, 5.74) is -13.2. The number of ether oxygens (including phenoxy) is 3. The van der Waals surface area contributed by atoms with E-state index in [1.165, 1.54) is 52.8 Å². The summed E-state index contributed by atoms with van der Waals surface area (Å²) in [6, 6.07) is 7.70. The number of carbonyl (C=O) groups is 5. The molecule has 47 heavy (non-hydrogen) atoms. The van der Waals surface area contributed by atoms with E-state index in [-0.39, 0.29) is 17.6 Å². The van der Waals surface area contributed by atoms with Crippen molar-refractivity contribution in [3.05, 3.63) is 47.5 Å². The minimum atomic E-state index is -3.14. The summed E-state index contributed by atoms with van der Waals surface area (Å²) in [6.07, 6.45) is -6.04. The minimum absolute atomic E-state index is 0.0189. The molecular weight excluding hydrogens is 616 g/mol. The maximum Gasteiger partial charge on any atom is 0.338 e. The fourth-order valence-corrected chi connectivity index (χ4v) is 7.72. The summed E-state index contributed by atoms with van der Waals surface area (Å²) in [4.78, 5) is 67.4. The molecule has 3 aliphatic carbocycles. The molecule has 13 nitrogen and oxygen atoms in total. The maximum atomic E-state index is 14.6. The number of allylic oxidation sites excluding steroid dienone is 1. The van der Waals surface area contributed by atoms with E-state index in [9.17, 15) is 49.5 Å². The van der Waals surface area contributed by atoms with Crippen LogP contribution in [0, 0.1) is 23.2 Å². The van der Waals surface area contributed by atoms with Crippen LogP contribution in [0.15, 0.2) is 42.0 Å². The third-order valence-electron chi connectivity index (χ3n) is 10.3. The molecule has 0 saturated heterocycles. The monoisotopic (exact) mass is 660 g/mol. The van der Waals surface area contributed by atoms with Gasteiger partial charge < -0.3 is 39.7 Å². The number of esters is 3. The number of carbonyl (C=O) groups excluding carboxylic acids is 5. The molecule has 0 bridgehead atoms. The smallest absolute Gasteiger partial charge is 0.338 e. The number of Topliss-reactive ketones (excluding diaryl/α,β-unsaturated/α-hetero) is 2. The first-order chi connectivity index (χ1) is 21.6. The minimum Gasteiger partial charge on any atom is -0.463 e. The first kappa shape index (κ1) is 36.3. The molecule has 0 radical (unpaired) electrons. The van der Waals surface area contributed by atoms with Gasteiger partial charge in [0.15, 0.2) is 22.8 Å². The first-order valence-corrected chi connectivity index (χ1v) is 15.5. The number of benzene rings is 1. The highest BCUT2D eigenvalue weighted by atomic mass is 16.6. The quantitative estimate of drug-likeness (QED) is 0.163. The summed E-state index contributed by atoms with van der Waals surface area (Å²) >= 11 is 0. The molecule has 0 spiro atoms. The van der Waals surface area contributed by atoms with Crippen LogP contribution >= 0.6 is 0 Å². The standard InChI is InChI=1S/C34H44O13/c1-8-17(2)25(36)47-24-22-23(46-26(37)20-12-10-9-11-13-20)18(3)14-32(22,42)28(39)31(7,41)21-15-30(5,6)27(38)34(21,44)29(40)33(24,43)16-45-19(4)35/h8-13,18,21-24,29,40-44H,14-16H2,1-7H3. The molecule has 13 heteroatoms. The third kappa shape index (κ3) is 5.71. The molecule has 3 fully saturated rings. The Morgan fingerprint density at radius 2 is 1.53 bits per heavy atom. The van der Waals surface area contributed by atoms with Crippen LogP contribution < -0.4 is 0 Å². The number of aliphatic hydroxyl groups excluding tert-OH is 1. The predicted molar refractivity (Wildman–Crippen MR) is 162 cm³/mol. The summed E-state index contributed by atoms with van der Waals surface area (Å²) in [5, 5.41) is 61.3. The normalized spacial score (nSPS) is 40.0. The van der Waals surface area contributed by atoms with Crippen LogP contribution in [-0.2, 0) is 33.4 Å². The molecule has 1 aromatic rings. The van der Waals surface area contributed by atoms with Gasteiger partial charge in [-0.15, -0.1) is 0 Å². The maximum absolute atomic E-state index is 14.6. The van der Waals surface area contributed by atoms with Crippen LogP contribution in [0.3, 0.4) is 0 Å². The van der Waals surface area contributed by atoms with Crippen molar-refractivity contribution in [2.75, 3.05) is 6.61 Å². The van der Waals surface area contributed by atoms with Gasteiger partial charge in [-0.25, -0.2) is 9.59 Å². The Hall–Kier alpha value is -3.49. The second-order valence-electron chi connectivity index (χ2n) is 14.1. The molecule has 0 aromatic heterocycles. The molecule has 4 rings (SSSR count). The van der Waals surface area contributed by atoms with Crippen LogP contribution in [0.4, 0.5) is 0 Å².